The number of hydrogen-bond donors (Lipinski definition) is 2. The third-order valence-corrected chi connectivity index (χ3v) is 4.57. The molecular weight excluding hydrogens is 387 g/mol. The highest BCUT2D eigenvalue weighted by Crippen LogP contribution is 2.31. The summed E-state index contributed by atoms with van der Waals surface area (Å²) in [4.78, 5) is 14.1. The number of alkyl halides is 2. The lowest BCUT2D eigenvalue weighted by Gasteiger charge is -2.22. The fourth-order valence-corrected chi connectivity index (χ4v) is 3.45. The standard InChI is InChI=1S/C17H23F2N3O2.2ClH/c18-17(19)24-15-6-2-1-5-14(15)22-9-7-13(11-22)21-16(23)10-12-4-3-8-20-12;;/h1-2,5-6,12-13,17,20H,3-4,7-11H2,(H,21,23);2*1H. The molecule has 9 heteroatoms. The Kier molecular flexibility index (Phi) is 9.39. The van der Waals surface area contributed by atoms with Gasteiger partial charge in [-0.15, -0.1) is 24.8 Å². The molecule has 0 bridgehead atoms. The largest absolute Gasteiger partial charge is 0.433 e. The van der Waals surface area contributed by atoms with E-state index in [0.29, 0.717) is 25.2 Å². The van der Waals surface area contributed by atoms with Gasteiger partial charge in [0.2, 0.25) is 5.91 Å². The van der Waals surface area contributed by atoms with Gasteiger partial charge in [0.15, 0.2) is 0 Å². The normalized spacial score (nSPS) is 21.9. The van der Waals surface area contributed by atoms with Crippen LogP contribution in [0.1, 0.15) is 25.7 Å². The number of rotatable bonds is 6. The van der Waals surface area contributed by atoms with Crippen LogP contribution in [0.2, 0.25) is 0 Å². The van der Waals surface area contributed by atoms with E-state index in [0.717, 1.165) is 25.8 Å². The van der Waals surface area contributed by atoms with Crippen LogP contribution >= 0.6 is 24.8 Å². The summed E-state index contributed by atoms with van der Waals surface area (Å²) >= 11 is 0. The number of halogens is 4. The van der Waals surface area contributed by atoms with Crippen molar-refractivity contribution in [1.82, 2.24) is 10.6 Å². The van der Waals surface area contributed by atoms with Gasteiger partial charge in [-0.2, -0.15) is 8.78 Å². The lowest BCUT2D eigenvalue weighted by Crippen LogP contribution is -2.39. The SMILES string of the molecule is Cl.Cl.O=C(CC1CCCN1)NC1CCN(c2ccccc2OC(F)F)C1. The molecule has 2 N–H and O–H groups in total. The summed E-state index contributed by atoms with van der Waals surface area (Å²) < 4.78 is 29.6. The van der Waals surface area contributed by atoms with Crippen LogP contribution in [0.3, 0.4) is 0 Å². The van der Waals surface area contributed by atoms with E-state index in [1.54, 1.807) is 24.3 Å². The lowest BCUT2D eigenvalue weighted by atomic mass is 10.1. The van der Waals surface area contributed by atoms with Gasteiger partial charge >= 0.3 is 6.61 Å². The van der Waals surface area contributed by atoms with E-state index in [2.05, 4.69) is 15.4 Å². The first kappa shape index (κ1) is 22.7. The van der Waals surface area contributed by atoms with Crippen LogP contribution < -0.4 is 20.3 Å². The van der Waals surface area contributed by atoms with E-state index in [1.807, 2.05) is 4.90 Å². The summed E-state index contributed by atoms with van der Waals surface area (Å²) in [5.74, 6) is 0.230. The molecule has 2 atom stereocenters. The monoisotopic (exact) mass is 411 g/mol. The molecule has 5 nitrogen and oxygen atoms in total. The van der Waals surface area contributed by atoms with Crippen molar-refractivity contribution in [2.75, 3.05) is 24.5 Å². The number of para-hydroxylation sites is 2. The Bertz CT molecular complexity index is 575. The fourth-order valence-electron chi connectivity index (χ4n) is 3.45. The average Bonchev–Trinajstić information content (AvgIpc) is 3.19. The average molecular weight is 412 g/mol. The third kappa shape index (κ3) is 6.14. The van der Waals surface area contributed by atoms with Gasteiger partial charge in [0, 0.05) is 31.6 Å². The van der Waals surface area contributed by atoms with E-state index < -0.39 is 6.61 Å². The van der Waals surface area contributed by atoms with Crippen LogP contribution in [-0.2, 0) is 4.79 Å². The van der Waals surface area contributed by atoms with Gasteiger partial charge in [0.25, 0.3) is 0 Å². The van der Waals surface area contributed by atoms with E-state index >= 15 is 0 Å². The number of anilines is 1. The second-order valence-corrected chi connectivity index (χ2v) is 6.34. The number of nitrogens with one attached hydrogen (secondary N) is 2. The quantitative estimate of drug-likeness (QED) is 0.755. The van der Waals surface area contributed by atoms with Crippen molar-refractivity contribution in [3.8, 4) is 5.75 Å². The second kappa shape index (κ2) is 10.7. The van der Waals surface area contributed by atoms with Gasteiger partial charge < -0.3 is 20.3 Å². The van der Waals surface area contributed by atoms with Crippen molar-refractivity contribution >= 4 is 36.4 Å². The van der Waals surface area contributed by atoms with Gasteiger partial charge in [0.1, 0.15) is 5.75 Å². The maximum atomic E-state index is 12.5. The Morgan fingerprint density at radius 1 is 1.31 bits per heavy atom. The van der Waals surface area contributed by atoms with Gasteiger partial charge in [-0.05, 0) is 37.9 Å². The minimum atomic E-state index is -2.84. The molecule has 2 heterocycles. The molecule has 1 aromatic carbocycles. The summed E-state index contributed by atoms with van der Waals surface area (Å²) in [6.07, 6.45) is 3.47. The number of amides is 1. The predicted octanol–water partition coefficient (Wildman–Crippen LogP) is 2.97. The topological polar surface area (TPSA) is 53.6 Å². The van der Waals surface area contributed by atoms with E-state index in [-0.39, 0.29) is 48.6 Å². The molecule has 1 amide bonds. The Balaban J connectivity index is 0.00000169. The Hall–Kier alpha value is -1.31. The van der Waals surface area contributed by atoms with E-state index in [9.17, 15) is 13.6 Å². The summed E-state index contributed by atoms with van der Waals surface area (Å²) in [5.41, 5.74) is 0.645. The smallest absolute Gasteiger partial charge is 0.387 e. The molecule has 148 valence electrons. The van der Waals surface area contributed by atoms with Crippen LogP contribution in [0.4, 0.5) is 14.5 Å². The van der Waals surface area contributed by atoms with Gasteiger partial charge in [0.05, 0.1) is 5.69 Å². The maximum absolute atomic E-state index is 12.5. The highest BCUT2D eigenvalue weighted by atomic mass is 35.5. The molecule has 2 unspecified atom stereocenters. The fraction of sp³-hybridized carbons (Fsp3) is 0.588. The molecule has 1 aromatic rings. The van der Waals surface area contributed by atoms with Crippen molar-refractivity contribution in [3.05, 3.63) is 24.3 Å². The molecule has 2 saturated heterocycles. The highest BCUT2D eigenvalue weighted by molar-refractivity contribution is 5.85. The highest BCUT2D eigenvalue weighted by Gasteiger charge is 2.27. The summed E-state index contributed by atoms with van der Waals surface area (Å²) in [5, 5.41) is 6.37. The molecule has 3 rings (SSSR count). The minimum absolute atomic E-state index is 0. The Morgan fingerprint density at radius 2 is 2.08 bits per heavy atom. The molecule has 2 aliphatic heterocycles. The second-order valence-electron chi connectivity index (χ2n) is 6.34. The van der Waals surface area contributed by atoms with Crippen molar-refractivity contribution in [3.63, 3.8) is 0 Å². The molecule has 0 aromatic heterocycles. The predicted molar refractivity (Wildman–Crippen MR) is 102 cm³/mol. The van der Waals surface area contributed by atoms with Crippen LogP contribution in [0.25, 0.3) is 0 Å². The first-order valence-corrected chi connectivity index (χ1v) is 8.43. The maximum Gasteiger partial charge on any atom is 0.387 e. The molecule has 0 saturated carbocycles. The van der Waals surface area contributed by atoms with Crippen LogP contribution in [-0.4, -0.2) is 44.2 Å². The molecular formula is C17H25Cl2F2N3O2. The first-order chi connectivity index (χ1) is 11.6. The lowest BCUT2D eigenvalue weighted by molar-refractivity contribution is -0.122. The molecule has 2 aliphatic rings. The summed E-state index contributed by atoms with van der Waals surface area (Å²) in [6, 6.07) is 7.10. The molecule has 0 spiro atoms. The summed E-state index contributed by atoms with van der Waals surface area (Å²) in [6.45, 7) is -0.553. The van der Waals surface area contributed by atoms with Crippen molar-refractivity contribution < 1.29 is 18.3 Å². The molecule has 0 radical (unpaired) electrons. The van der Waals surface area contributed by atoms with Crippen LogP contribution in [0, 0.1) is 0 Å². The Morgan fingerprint density at radius 3 is 2.77 bits per heavy atom. The minimum Gasteiger partial charge on any atom is -0.433 e. The number of benzene rings is 1. The van der Waals surface area contributed by atoms with Crippen molar-refractivity contribution in [1.29, 1.82) is 0 Å². The Labute approximate surface area is 164 Å². The van der Waals surface area contributed by atoms with Gasteiger partial charge in [-0.25, -0.2) is 0 Å². The van der Waals surface area contributed by atoms with Crippen molar-refractivity contribution in [2.24, 2.45) is 0 Å². The third-order valence-electron chi connectivity index (χ3n) is 4.57. The van der Waals surface area contributed by atoms with E-state index in [1.165, 1.54) is 0 Å². The number of ether oxygens (including phenoxy) is 1. The first-order valence-electron chi connectivity index (χ1n) is 8.43. The number of hydrogen-bond acceptors (Lipinski definition) is 4. The van der Waals surface area contributed by atoms with Gasteiger partial charge in [-0.1, -0.05) is 12.1 Å². The zero-order valence-corrected chi connectivity index (χ0v) is 16.0. The van der Waals surface area contributed by atoms with Crippen molar-refractivity contribution in [2.45, 2.75) is 44.4 Å². The van der Waals surface area contributed by atoms with Gasteiger partial charge in [-0.3, -0.25) is 4.79 Å². The summed E-state index contributed by atoms with van der Waals surface area (Å²) in [7, 11) is 0. The van der Waals surface area contributed by atoms with Crippen LogP contribution in [0.5, 0.6) is 5.75 Å². The number of nitrogens with zero attached hydrogens (tertiary/aromatic N) is 1. The zero-order valence-electron chi connectivity index (χ0n) is 14.3. The zero-order chi connectivity index (χ0) is 16.9. The molecule has 26 heavy (non-hydrogen) atoms. The number of carbonyl (C=O) groups excluding carboxylic acids is 1. The van der Waals surface area contributed by atoms with Crippen LogP contribution in [0.15, 0.2) is 24.3 Å². The molecule has 2 fully saturated rings. The molecule has 0 aliphatic carbocycles. The van der Waals surface area contributed by atoms with E-state index in [4.69, 9.17) is 0 Å². The number of carbonyl (C=O) groups is 1.